The van der Waals surface area contributed by atoms with Crippen LogP contribution in [0.4, 0.5) is 0 Å². The molecule has 2 N–H and O–H groups in total. The molecule has 1 aliphatic heterocycles. The number of hydrogen-bond donors (Lipinski definition) is 1. The minimum absolute atomic E-state index is 0.101. The predicted octanol–water partition coefficient (Wildman–Crippen LogP) is 0.611. The summed E-state index contributed by atoms with van der Waals surface area (Å²) in [6.07, 6.45) is 4.42. The molecule has 1 aromatic rings. The highest BCUT2D eigenvalue weighted by molar-refractivity contribution is 5.11. The molecule has 17 heavy (non-hydrogen) atoms. The second kappa shape index (κ2) is 3.53. The van der Waals surface area contributed by atoms with Gasteiger partial charge in [0, 0.05) is 25.2 Å². The Morgan fingerprint density at radius 2 is 2.24 bits per heavy atom. The van der Waals surface area contributed by atoms with Crippen molar-refractivity contribution in [1.29, 1.82) is 0 Å². The van der Waals surface area contributed by atoms with Gasteiger partial charge in [-0.2, -0.15) is 0 Å². The molecule has 2 aliphatic rings. The van der Waals surface area contributed by atoms with Crippen LogP contribution in [-0.4, -0.2) is 38.3 Å². The van der Waals surface area contributed by atoms with Gasteiger partial charge in [-0.3, -0.25) is 4.90 Å². The summed E-state index contributed by atoms with van der Waals surface area (Å²) in [6, 6.07) is 0. The average molecular weight is 235 g/mol. The third-order valence-corrected chi connectivity index (χ3v) is 5.03. The van der Waals surface area contributed by atoms with Gasteiger partial charge in [0.2, 0.25) is 0 Å². The summed E-state index contributed by atoms with van der Waals surface area (Å²) in [6.45, 7) is 8.30. The van der Waals surface area contributed by atoms with Gasteiger partial charge in [0.25, 0.3) is 0 Å². The van der Waals surface area contributed by atoms with E-state index in [0.29, 0.717) is 5.41 Å². The smallest absolute Gasteiger partial charge is 0.147 e. The third kappa shape index (κ3) is 1.52. The van der Waals surface area contributed by atoms with Gasteiger partial charge in [-0.15, -0.1) is 10.2 Å². The van der Waals surface area contributed by atoms with E-state index in [0.717, 1.165) is 32.0 Å². The summed E-state index contributed by atoms with van der Waals surface area (Å²) in [5.74, 6) is 1.07. The number of aromatic nitrogens is 3. The van der Waals surface area contributed by atoms with Crippen LogP contribution in [0, 0.1) is 5.41 Å². The summed E-state index contributed by atoms with van der Waals surface area (Å²) in [4.78, 5) is 2.50. The normalized spacial score (nSPS) is 26.3. The van der Waals surface area contributed by atoms with Crippen molar-refractivity contribution in [1.82, 2.24) is 19.7 Å². The van der Waals surface area contributed by atoms with Gasteiger partial charge < -0.3 is 10.3 Å². The van der Waals surface area contributed by atoms with Crippen molar-refractivity contribution in [3.05, 3.63) is 12.2 Å². The Balaban J connectivity index is 1.86. The van der Waals surface area contributed by atoms with Crippen molar-refractivity contribution in [2.24, 2.45) is 11.1 Å². The van der Waals surface area contributed by atoms with Crippen LogP contribution in [0.3, 0.4) is 0 Å². The maximum Gasteiger partial charge on any atom is 0.147 e. The second-order valence-corrected chi connectivity index (χ2v) is 5.90. The molecule has 1 saturated carbocycles. The molecule has 1 atom stereocenters. The number of nitrogens with two attached hydrogens (primary N) is 1. The topological polar surface area (TPSA) is 60.0 Å². The number of rotatable bonds is 3. The van der Waals surface area contributed by atoms with Crippen LogP contribution in [0.25, 0.3) is 0 Å². The fourth-order valence-electron chi connectivity index (χ4n) is 2.97. The first kappa shape index (κ1) is 11.2. The zero-order valence-electron chi connectivity index (χ0n) is 10.7. The molecule has 0 bridgehead atoms. The van der Waals surface area contributed by atoms with Crippen molar-refractivity contribution < 1.29 is 0 Å². The molecular weight excluding hydrogens is 214 g/mol. The predicted molar refractivity (Wildman–Crippen MR) is 65.2 cm³/mol. The fraction of sp³-hybridized carbons (Fsp3) is 0.833. The van der Waals surface area contributed by atoms with E-state index in [1.165, 1.54) is 12.8 Å². The highest BCUT2D eigenvalue weighted by atomic mass is 15.3. The largest absolute Gasteiger partial charge is 0.329 e. The molecule has 1 fully saturated rings. The van der Waals surface area contributed by atoms with E-state index >= 15 is 0 Å². The Morgan fingerprint density at radius 1 is 1.47 bits per heavy atom. The van der Waals surface area contributed by atoms with Gasteiger partial charge in [-0.1, -0.05) is 6.92 Å². The highest BCUT2D eigenvalue weighted by Gasteiger charge is 2.55. The first-order chi connectivity index (χ1) is 8.09. The summed E-state index contributed by atoms with van der Waals surface area (Å²) in [5, 5.41) is 8.17. The Hall–Kier alpha value is -0.940. The molecule has 5 heteroatoms. The van der Waals surface area contributed by atoms with Gasteiger partial charge >= 0.3 is 0 Å². The van der Waals surface area contributed by atoms with Gasteiger partial charge in [0.1, 0.15) is 12.2 Å². The van der Waals surface area contributed by atoms with Crippen molar-refractivity contribution in [2.45, 2.75) is 45.3 Å². The maximum atomic E-state index is 6.07. The van der Waals surface area contributed by atoms with Gasteiger partial charge in [-0.25, -0.2) is 0 Å². The molecule has 1 unspecified atom stereocenters. The molecule has 3 rings (SSSR count). The molecule has 0 spiro atoms. The van der Waals surface area contributed by atoms with Crippen LogP contribution >= 0.6 is 0 Å². The van der Waals surface area contributed by atoms with E-state index in [-0.39, 0.29) is 5.54 Å². The lowest BCUT2D eigenvalue weighted by Crippen LogP contribution is -2.58. The minimum atomic E-state index is 0.101. The van der Waals surface area contributed by atoms with E-state index < -0.39 is 0 Å². The second-order valence-electron chi connectivity index (χ2n) is 5.90. The van der Waals surface area contributed by atoms with Crippen LogP contribution in [0.15, 0.2) is 6.33 Å². The zero-order chi connectivity index (χ0) is 12.1. The lowest BCUT2D eigenvalue weighted by Gasteiger charge is -2.47. The quantitative estimate of drug-likeness (QED) is 0.834. The molecule has 0 radical (unpaired) electrons. The van der Waals surface area contributed by atoms with Crippen molar-refractivity contribution in [3.63, 3.8) is 0 Å². The maximum absolute atomic E-state index is 6.07. The van der Waals surface area contributed by atoms with E-state index in [1.807, 2.05) is 6.33 Å². The van der Waals surface area contributed by atoms with Crippen LogP contribution < -0.4 is 5.73 Å². The van der Waals surface area contributed by atoms with E-state index in [2.05, 4.69) is 33.5 Å². The number of fused-ring (bicyclic) bond motifs is 1. The minimum Gasteiger partial charge on any atom is -0.329 e. The summed E-state index contributed by atoms with van der Waals surface area (Å²) in [5.41, 5.74) is 6.57. The van der Waals surface area contributed by atoms with E-state index in [1.54, 1.807) is 0 Å². The van der Waals surface area contributed by atoms with Crippen LogP contribution in [0.1, 0.15) is 32.5 Å². The fourth-order valence-corrected chi connectivity index (χ4v) is 2.97. The van der Waals surface area contributed by atoms with Crippen LogP contribution in [0.2, 0.25) is 0 Å². The zero-order valence-corrected chi connectivity index (χ0v) is 10.7. The van der Waals surface area contributed by atoms with E-state index in [4.69, 9.17) is 5.73 Å². The Bertz CT molecular complexity index is 422. The number of hydrogen-bond acceptors (Lipinski definition) is 4. The SMILES string of the molecule is CC1(C(C)(CN)N2CCn3cnnc3C2)CC1. The first-order valence-electron chi connectivity index (χ1n) is 6.41. The Kier molecular flexibility index (Phi) is 2.32. The molecular formula is C12H21N5. The molecule has 1 aliphatic carbocycles. The monoisotopic (exact) mass is 235 g/mol. The standard InChI is InChI=1S/C12H21N5/c1-11(3-4-11)12(2,8-13)17-6-5-16-9-14-15-10(16)7-17/h9H,3-8,13H2,1-2H3. The number of nitrogens with zero attached hydrogens (tertiary/aromatic N) is 4. The molecule has 1 aromatic heterocycles. The lowest BCUT2D eigenvalue weighted by atomic mass is 9.81. The van der Waals surface area contributed by atoms with Crippen molar-refractivity contribution in [3.8, 4) is 0 Å². The Labute approximate surface area is 102 Å². The van der Waals surface area contributed by atoms with E-state index in [9.17, 15) is 0 Å². The van der Waals surface area contributed by atoms with Gasteiger partial charge in [0.15, 0.2) is 0 Å². The van der Waals surface area contributed by atoms with Crippen LogP contribution in [0.5, 0.6) is 0 Å². The van der Waals surface area contributed by atoms with Gasteiger partial charge in [-0.05, 0) is 25.2 Å². The van der Waals surface area contributed by atoms with Crippen molar-refractivity contribution >= 4 is 0 Å². The molecule has 94 valence electrons. The molecule has 2 heterocycles. The summed E-state index contributed by atoms with van der Waals surface area (Å²) < 4.78 is 2.14. The third-order valence-electron chi connectivity index (χ3n) is 5.03. The Morgan fingerprint density at radius 3 is 2.88 bits per heavy atom. The summed E-state index contributed by atoms with van der Waals surface area (Å²) >= 11 is 0. The summed E-state index contributed by atoms with van der Waals surface area (Å²) in [7, 11) is 0. The molecule has 0 saturated heterocycles. The molecule has 0 aromatic carbocycles. The van der Waals surface area contributed by atoms with Crippen molar-refractivity contribution in [2.75, 3.05) is 13.1 Å². The first-order valence-corrected chi connectivity index (χ1v) is 6.41. The molecule has 0 amide bonds. The van der Waals surface area contributed by atoms with Crippen LogP contribution in [-0.2, 0) is 13.1 Å². The lowest BCUT2D eigenvalue weighted by molar-refractivity contribution is 0.0232. The molecule has 5 nitrogen and oxygen atoms in total. The highest BCUT2D eigenvalue weighted by Crippen LogP contribution is 2.55. The van der Waals surface area contributed by atoms with Gasteiger partial charge in [0.05, 0.1) is 6.54 Å². The average Bonchev–Trinajstić information content (AvgIpc) is 2.94.